The first kappa shape index (κ1) is 25.1. The molecule has 36 heavy (non-hydrogen) atoms. The molecule has 5 aliphatic rings. The predicted molar refractivity (Wildman–Crippen MR) is 142 cm³/mol. The molecule has 0 bridgehead atoms. The second-order valence-corrected chi connectivity index (χ2v) is 16.0. The molecule has 0 spiro atoms. The van der Waals surface area contributed by atoms with Gasteiger partial charge in [-0.2, -0.15) is 0 Å². The molecule has 6 rings (SSSR count). The topological polar surface area (TPSA) is 52.3 Å². The molecule has 200 valence electrons. The fraction of sp³-hybridized carbons (Fsp3) is 0.875. The van der Waals surface area contributed by atoms with Gasteiger partial charge in [0.25, 0.3) is 0 Å². The van der Waals surface area contributed by atoms with Gasteiger partial charge in [-0.25, -0.2) is 0 Å². The summed E-state index contributed by atoms with van der Waals surface area (Å²) in [5.74, 6) is 3.20. The number of methoxy groups -OCH3 is 1. The van der Waals surface area contributed by atoms with E-state index in [0.717, 1.165) is 25.2 Å². The van der Waals surface area contributed by atoms with Gasteiger partial charge < -0.3 is 9.26 Å². The average molecular weight is 496 g/mol. The van der Waals surface area contributed by atoms with Crippen molar-refractivity contribution in [3.8, 4) is 0 Å². The smallest absolute Gasteiger partial charge is 0.145 e. The van der Waals surface area contributed by atoms with Crippen LogP contribution < -0.4 is 0 Å². The zero-order chi connectivity index (χ0) is 25.9. The zero-order valence-electron chi connectivity index (χ0n) is 24.1. The van der Waals surface area contributed by atoms with Gasteiger partial charge in [-0.1, -0.05) is 53.6 Å². The van der Waals surface area contributed by atoms with E-state index in [1.54, 1.807) is 0 Å². The van der Waals surface area contributed by atoms with Crippen LogP contribution in [0.2, 0.25) is 0 Å². The first-order valence-electron chi connectivity index (χ1n) is 14.7. The highest BCUT2D eigenvalue weighted by molar-refractivity contribution is 5.84. The van der Waals surface area contributed by atoms with E-state index in [9.17, 15) is 4.79 Å². The molecule has 1 heterocycles. The molecule has 4 heteroatoms. The highest BCUT2D eigenvalue weighted by Crippen LogP contribution is 2.76. The Morgan fingerprint density at radius 1 is 0.972 bits per heavy atom. The van der Waals surface area contributed by atoms with Crippen molar-refractivity contribution in [2.24, 2.45) is 50.7 Å². The van der Waals surface area contributed by atoms with Gasteiger partial charge >= 0.3 is 0 Å². The predicted octanol–water partition coefficient (Wildman–Crippen LogP) is 7.40. The lowest BCUT2D eigenvalue weighted by Crippen LogP contribution is -2.69. The van der Waals surface area contributed by atoms with E-state index >= 15 is 0 Å². The summed E-state index contributed by atoms with van der Waals surface area (Å²) in [6, 6.07) is 0. The molecule has 4 fully saturated rings. The minimum Gasteiger partial charge on any atom is -0.384 e. The maximum absolute atomic E-state index is 14.5. The molecular weight excluding hydrogens is 446 g/mol. The van der Waals surface area contributed by atoms with Gasteiger partial charge in [0.1, 0.15) is 11.5 Å². The molecular formula is C32H49NO3. The van der Waals surface area contributed by atoms with E-state index in [1.165, 1.54) is 50.5 Å². The van der Waals surface area contributed by atoms with Crippen molar-refractivity contribution in [2.75, 3.05) is 13.7 Å². The van der Waals surface area contributed by atoms with Crippen molar-refractivity contribution in [1.82, 2.24) is 5.16 Å². The van der Waals surface area contributed by atoms with Gasteiger partial charge in [-0.15, -0.1) is 0 Å². The Morgan fingerprint density at radius 2 is 1.69 bits per heavy atom. The molecule has 1 aromatic heterocycles. The Hall–Kier alpha value is -1.16. The number of hydrogen-bond donors (Lipinski definition) is 0. The lowest BCUT2D eigenvalue weighted by atomic mass is 9.31. The fourth-order valence-electron chi connectivity index (χ4n) is 11.6. The van der Waals surface area contributed by atoms with Crippen molar-refractivity contribution in [2.45, 2.75) is 112 Å². The molecule has 0 radical (unpaired) electrons. The van der Waals surface area contributed by atoms with Crippen molar-refractivity contribution in [3.05, 3.63) is 17.5 Å². The number of ether oxygens (including phenoxy) is 1. The Labute approximate surface area is 218 Å². The Kier molecular flexibility index (Phi) is 5.22. The van der Waals surface area contributed by atoms with Gasteiger partial charge in [0.2, 0.25) is 0 Å². The van der Waals surface area contributed by atoms with Crippen molar-refractivity contribution in [1.29, 1.82) is 0 Å². The summed E-state index contributed by atoms with van der Waals surface area (Å²) in [6.45, 7) is 18.1. The summed E-state index contributed by atoms with van der Waals surface area (Å²) in [5.41, 5.74) is 2.02. The number of hydrogen-bond acceptors (Lipinski definition) is 4. The van der Waals surface area contributed by atoms with E-state index in [4.69, 9.17) is 9.26 Å². The maximum Gasteiger partial charge on any atom is 0.145 e. The van der Waals surface area contributed by atoms with Crippen LogP contribution in [-0.4, -0.2) is 24.7 Å². The molecule has 0 amide bonds. The molecule has 4 saturated carbocycles. The number of ketones is 1. The number of rotatable bonds is 2. The van der Waals surface area contributed by atoms with Crippen molar-refractivity contribution < 1.29 is 14.1 Å². The van der Waals surface area contributed by atoms with E-state index in [2.05, 4.69) is 53.6 Å². The minimum absolute atomic E-state index is 0.0471. The third-order valence-electron chi connectivity index (χ3n) is 13.6. The van der Waals surface area contributed by atoms with Crippen LogP contribution in [0.3, 0.4) is 0 Å². The number of carbonyl (C=O) groups is 1. The molecule has 0 saturated heterocycles. The number of fused-ring (bicyclic) bond motifs is 8. The molecule has 0 aliphatic heterocycles. The second kappa shape index (κ2) is 7.48. The number of nitrogens with zero attached hydrogens (tertiary/aromatic N) is 1. The lowest BCUT2D eigenvalue weighted by Gasteiger charge is -2.72. The monoisotopic (exact) mass is 495 g/mol. The number of Topliss-reactive ketones (excluding diaryl/α,β-unsaturated/α-hetero) is 1. The summed E-state index contributed by atoms with van der Waals surface area (Å²) in [5, 5.41) is 4.23. The van der Waals surface area contributed by atoms with Crippen molar-refractivity contribution >= 4 is 5.78 Å². The summed E-state index contributed by atoms with van der Waals surface area (Å²) >= 11 is 0. The van der Waals surface area contributed by atoms with E-state index in [1.807, 2.05) is 13.3 Å². The van der Waals surface area contributed by atoms with E-state index in [0.29, 0.717) is 29.0 Å². The van der Waals surface area contributed by atoms with Crippen LogP contribution in [0.25, 0.3) is 0 Å². The zero-order valence-corrected chi connectivity index (χ0v) is 24.1. The quantitative estimate of drug-likeness (QED) is 0.429. The summed E-state index contributed by atoms with van der Waals surface area (Å²) in [4.78, 5) is 14.5. The molecule has 1 aromatic rings. The molecule has 2 unspecified atom stereocenters. The molecule has 8 atom stereocenters. The Balaban J connectivity index is 1.44. The first-order valence-corrected chi connectivity index (χ1v) is 14.7. The summed E-state index contributed by atoms with van der Waals surface area (Å²) in [7, 11) is 1.87. The van der Waals surface area contributed by atoms with Gasteiger partial charge in [0, 0.05) is 30.4 Å². The van der Waals surface area contributed by atoms with E-state index in [-0.39, 0.29) is 33.0 Å². The number of carbonyl (C=O) groups excluding carboxylic acids is 1. The summed E-state index contributed by atoms with van der Waals surface area (Å²) < 4.78 is 11.7. The third-order valence-corrected chi connectivity index (χ3v) is 13.6. The number of aromatic nitrogens is 1. The van der Waals surface area contributed by atoms with Gasteiger partial charge in [-0.3, -0.25) is 4.79 Å². The van der Waals surface area contributed by atoms with Crippen LogP contribution in [0.1, 0.15) is 111 Å². The highest BCUT2D eigenvalue weighted by atomic mass is 16.5. The Morgan fingerprint density at radius 3 is 2.42 bits per heavy atom. The highest BCUT2D eigenvalue weighted by Gasteiger charge is 2.72. The lowest BCUT2D eigenvalue weighted by molar-refractivity contribution is -0.232. The van der Waals surface area contributed by atoms with Gasteiger partial charge in [-0.05, 0) is 96.2 Å². The SMILES string of the molecule is COC[C@]12CCC(C)(C)CC1C1C(=O)C[C@@H]3[C@@]4(C)Cc5cnoc5C(C)(C)[C@@H]4CC[C@@]3(C)[C@]1(C)CC2. The van der Waals surface area contributed by atoms with Gasteiger partial charge in [0.15, 0.2) is 0 Å². The van der Waals surface area contributed by atoms with Crippen LogP contribution in [0.4, 0.5) is 0 Å². The third kappa shape index (κ3) is 2.97. The molecule has 5 aliphatic carbocycles. The van der Waals surface area contributed by atoms with E-state index < -0.39 is 0 Å². The summed E-state index contributed by atoms with van der Waals surface area (Å²) in [6.07, 6.45) is 12.2. The second-order valence-electron chi connectivity index (χ2n) is 16.0. The Bertz CT molecular complexity index is 1070. The largest absolute Gasteiger partial charge is 0.384 e. The average Bonchev–Trinajstić information content (AvgIpc) is 3.25. The van der Waals surface area contributed by atoms with Crippen LogP contribution >= 0.6 is 0 Å². The molecule has 0 aromatic carbocycles. The van der Waals surface area contributed by atoms with Crippen LogP contribution in [0.5, 0.6) is 0 Å². The van der Waals surface area contributed by atoms with Crippen LogP contribution in [0.15, 0.2) is 10.7 Å². The fourth-order valence-corrected chi connectivity index (χ4v) is 11.6. The molecule has 4 nitrogen and oxygen atoms in total. The van der Waals surface area contributed by atoms with Gasteiger partial charge in [0.05, 0.1) is 12.8 Å². The van der Waals surface area contributed by atoms with Crippen LogP contribution in [-0.2, 0) is 21.4 Å². The van der Waals surface area contributed by atoms with Crippen LogP contribution in [0, 0.1) is 50.7 Å². The molecule has 0 N–H and O–H groups in total. The normalized spacial score (nSPS) is 48.7. The first-order chi connectivity index (χ1) is 16.7. The minimum atomic E-state index is -0.0471. The maximum atomic E-state index is 14.5. The standard InChI is InChI=1S/C32H49NO3/c1-27(2)11-13-32(19-35-8)14-12-31(7)25(21(32)17-27)22(34)15-24-29(5)16-20-18-33-36-26(20)28(3,4)23(29)9-10-30(24,31)6/h18,21,23-25H,9-17,19H2,1-8H3/t21?,23-,24+,25?,29-,30+,31+,32+/m0/s1. The van der Waals surface area contributed by atoms with Crippen molar-refractivity contribution in [3.63, 3.8) is 0 Å².